The molecule has 5 heteroatoms. The predicted octanol–water partition coefficient (Wildman–Crippen LogP) is 2.37. The zero-order valence-corrected chi connectivity index (χ0v) is 9.31. The summed E-state index contributed by atoms with van der Waals surface area (Å²) in [7, 11) is 0. The smallest absolute Gasteiger partial charge is 0.194 e. The summed E-state index contributed by atoms with van der Waals surface area (Å²) >= 11 is 0. The highest BCUT2D eigenvalue weighted by Crippen LogP contribution is 2.14. The first-order valence-electron chi connectivity index (χ1n) is 5.61. The highest BCUT2D eigenvalue weighted by atomic mass is 19.2. The monoisotopic (exact) mass is 245 g/mol. The molecule has 0 aromatic heterocycles. The van der Waals surface area contributed by atoms with E-state index >= 15 is 0 Å². The second kappa shape index (κ2) is 5.51. The van der Waals surface area contributed by atoms with Gasteiger partial charge in [-0.05, 0) is 30.5 Å². The molecule has 1 aliphatic heterocycles. The molecule has 1 aliphatic rings. The van der Waals surface area contributed by atoms with Gasteiger partial charge in [0.05, 0.1) is 6.61 Å². The van der Waals surface area contributed by atoms with Crippen molar-refractivity contribution in [3.8, 4) is 0 Å². The zero-order valence-electron chi connectivity index (χ0n) is 9.31. The molecular formula is C12H14F3NO. The first kappa shape index (κ1) is 12.4. The summed E-state index contributed by atoms with van der Waals surface area (Å²) in [6.45, 7) is 1.67. The summed E-state index contributed by atoms with van der Waals surface area (Å²) in [6, 6.07) is 2.21. The molecular weight excluding hydrogens is 231 g/mol. The van der Waals surface area contributed by atoms with Crippen LogP contribution in [-0.4, -0.2) is 19.3 Å². The van der Waals surface area contributed by atoms with Gasteiger partial charge in [-0.2, -0.15) is 0 Å². The number of benzene rings is 1. The maximum atomic E-state index is 12.9. The van der Waals surface area contributed by atoms with Crippen LogP contribution in [0, 0.1) is 17.5 Å². The third-order valence-electron chi connectivity index (χ3n) is 2.80. The predicted molar refractivity (Wildman–Crippen MR) is 57.0 cm³/mol. The Morgan fingerprint density at radius 1 is 1.24 bits per heavy atom. The minimum absolute atomic E-state index is 0.194. The van der Waals surface area contributed by atoms with Crippen molar-refractivity contribution in [1.82, 2.24) is 5.32 Å². The van der Waals surface area contributed by atoms with Gasteiger partial charge in [-0.1, -0.05) is 0 Å². The molecule has 2 nitrogen and oxygen atoms in total. The minimum Gasteiger partial charge on any atom is -0.380 e. The lowest BCUT2D eigenvalue weighted by Crippen LogP contribution is -2.36. The maximum absolute atomic E-state index is 12.9. The summed E-state index contributed by atoms with van der Waals surface area (Å²) in [4.78, 5) is 0. The van der Waals surface area contributed by atoms with E-state index in [0.717, 1.165) is 31.6 Å². The van der Waals surface area contributed by atoms with E-state index in [2.05, 4.69) is 5.32 Å². The lowest BCUT2D eigenvalue weighted by atomic mass is 10.1. The van der Waals surface area contributed by atoms with E-state index in [-0.39, 0.29) is 6.04 Å². The van der Waals surface area contributed by atoms with E-state index in [1.807, 2.05) is 0 Å². The van der Waals surface area contributed by atoms with E-state index in [1.54, 1.807) is 0 Å². The third-order valence-corrected chi connectivity index (χ3v) is 2.80. The summed E-state index contributed by atoms with van der Waals surface area (Å²) < 4.78 is 43.9. The number of hydrogen-bond donors (Lipinski definition) is 1. The molecule has 0 aliphatic carbocycles. The van der Waals surface area contributed by atoms with E-state index in [4.69, 9.17) is 4.74 Å². The average molecular weight is 245 g/mol. The van der Waals surface area contributed by atoms with Crippen LogP contribution in [-0.2, 0) is 11.3 Å². The van der Waals surface area contributed by atoms with Gasteiger partial charge in [0.1, 0.15) is 0 Å². The Hall–Kier alpha value is -1.07. The molecule has 94 valence electrons. The van der Waals surface area contributed by atoms with Crippen molar-refractivity contribution in [2.24, 2.45) is 0 Å². The second-order valence-electron chi connectivity index (χ2n) is 4.17. The van der Waals surface area contributed by atoms with Crippen molar-refractivity contribution in [2.75, 3.05) is 13.2 Å². The van der Waals surface area contributed by atoms with Crippen LogP contribution in [0.15, 0.2) is 12.1 Å². The van der Waals surface area contributed by atoms with Gasteiger partial charge in [0, 0.05) is 19.2 Å². The Kier molecular flexibility index (Phi) is 4.02. The van der Waals surface area contributed by atoms with Gasteiger partial charge < -0.3 is 10.1 Å². The lowest BCUT2D eigenvalue weighted by molar-refractivity contribution is 0.0699. The van der Waals surface area contributed by atoms with E-state index in [9.17, 15) is 13.2 Å². The van der Waals surface area contributed by atoms with Gasteiger partial charge in [-0.25, -0.2) is 13.2 Å². The van der Waals surface area contributed by atoms with Gasteiger partial charge in [-0.3, -0.25) is 0 Å². The van der Waals surface area contributed by atoms with Crippen LogP contribution < -0.4 is 5.32 Å². The fourth-order valence-electron chi connectivity index (χ4n) is 1.87. The lowest BCUT2D eigenvalue weighted by Gasteiger charge is -2.23. The summed E-state index contributed by atoms with van der Waals surface area (Å²) in [5, 5.41) is 3.13. The molecule has 1 fully saturated rings. The summed E-state index contributed by atoms with van der Waals surface area (Å²) in [5.74, 6) is -3.72. The molecule has 0 spiro atoms. The van der Waals surface area contributed by atoms with Gasteiger partial charge in [-0.15, -0.1) is 0 Å². The molecule has 0 bridgehead atoms. The van der Waals surface area contributed by atoms with E-state index in [1.165, 1.54) is 0 Å². The van der Waals surface area contributed by atoms with Gasteiger partial charge >= 0.3 is 0 Å². The maximum Gasteiger partial charge on any atom is 0.194 e. The van der Waals surface area contributed by atoms with Crippen LogP contribution in [0.5, 0.6) is 0 Å². The first-order chi connectivity index (χ1) is 8.16. The zero-order chi connectivity index (χ0) is 12.3. The number of ether oxygens (including phenoxy) is 1. The number of nitrogens with one attached hydrogen (secondary N) is 1. The van der Waals surface area contributed by atoms with Crippen LogP contribution in [0.1, 0.15) is 18.4 Å². The molecule has 0 radical (unpaired) electrons. The largest absolute Gasteiger partial charge is 0.380 e. The number of hydrogen-bond acceptors (Lipinski definition) is 2. The average Bonchev–Trinajstić information content (AvgIpc) is 2.34. The second-order valence-corrected chi connectivity index (χ2v) is 4.17. The van der Waals surface area contributed by atoms with Crippen molar-refractivity contribution in [3.63, 3.8) is 0 Å². The fraction of sp³-hybridized carbons (Fsp3) is 0.500. The molecule has 1 saturated heterocycles. The highest BCUT2D eigenvalue weighted by Gasteiger charge is 2.14. The van der Waals surface area contributed by atoms with Crippen molar-refractivity contribution in [3.05, 3.63) is 35.1 Å². The molecule has 1 unspecified atom stereocenters. The Bertz CT molecular complexity index is 368. The molecule has 17 heavy (non-hydrogen) atoms. The Balaban J connectivity index is 1.94. The Morgan fingerprint density at radius 3 is 2.53 bits per heavy atom. The molecule has 1 heterocycles. The standard InChI is InChI=1S/C12H14F3NO/c13-10-4-8(5-11(14)12(10)15)6-16-9-2-1-3-17-7-9/h4-5,9,16H,1-3,6-7H2. The van der Waals surface area contributed by atoms with Crippen LogP contribution >= 0.6 is 0 Å². The highest BCUT2D eigenvalue weighted by molar-refractivity contribution is 5.19. The molecule has 0 amide bonds. The van der Waals surface area contributed by atoms with E-state index in [0.29, 0.717) is 18.7 Å². The van der Waals surface area contributed by atoms with Crippen LogP contribution in [0.4, 0.5) is 13.2 Å². The topological polar surface area (TPSA) is 21.3 Å². The number of halogens is 3. The van der Waals surface area contributed by atoms with Crippen molar-refractivity contribution < 1.29 is 17.9 Å². The number of rotatable bonds is 3. The molecule has 0 saturated carbocycles. The van der Waals surface area contributed by atoms with E-state index < -0.39 is 17.5 Å². The Labute approximate surface area is 97.8 Å². The van der Waals surface area contributed by atoms with Gasteiger partial charge in [0.25, 0.3) is 0 Å². The minimum atomic E-state index is -1.42. The normalized spacial score (nSPS) is 20.5. The van der Waals surface area contributed by atoms with Gasteiger partial charge in [0.2, 0.25) is 0 Å². The molecule has 1 aromatic rings. The Morgan fingerprint density at radius 2 is 1.94 bits per heavy atom. The van der Waals surface area contributed by atoms with Crippen LogP contribution in [0.2, 0.25) is 0 Å². The molecule has 1 aromatic carbocycles. The SMILES string of the molecule is Fc1cc(CNC2CCCOC2)cc(F)c1F. The third kappa shape index (κ3) is 3.20. The molecule has 1 N–H and O–H groups in total. The quantitative estimate of drug-likeness (QED) is 0.825. The molecule has 2 rings (SSSR count). The van der Waals surface area contributed by atoms with Crippen molar-refractivity contribution in [2.45, 2.75) is 25.4 Å². The van der Waals surface area contributed by atoms with Crippen LogP contribution in [0.3, 0.4) is 0 Å². The molecule has 1 atom stereocenters. The van der Waals surface area contributed by atoms with Crippen molar-refractivity contribution >= 4 is 0 Å². The van der Waals surface area contributed by atoms with Crippen LogP contribution in [0.25, 0.3) is 0 Å². The van der Waals surface area contributed by atoms with Gasteiger partial charge in [0.15, 0.2) is 17.5 Å². The first-order valence-corrected chi connectivity index (χ1v) is 5.61. The van der Waals surface area contributed by atoms with Crippen molar-refractivity contribution in [1.29, 1.82) is 0 Å². The summed E-state index contributed by atoms with van der Waals surface area (Å²) in [5.41, 5.74) is 0.395. The fourth-order valence-corrected chi connectivity index (χ4v) is 1.87. The summed E-state index contributed by atoms with van der Waals surface area (Å²) in [6.07, 6.45) is 1.95.